The van der Waals surface area contributed by atoms with Crippen molar-refractivity contribution >= 4 is 11.6 Å². The minimum atomic E-state index is -0.481. The van der Waals surface area contributed by atoms with Crippen LogP contribution in [-0.2, 0) is 13.1 Å². The Balaban J connectivity index is 1.58. The van der Waals surface area contributed by atoms with Crippen LogP contribution in [0.1, 0.15) is 35.3 Å². The number of rotatable bonds is 6. The lowest BCUT2D eigenvalue weighted by Gasteiger charge is -2.44. The number of carbonyl (C=O) groups excluding carboxylic acids is 1. The zero-order valence-corrected chi connectivity index (χ0v) is 17.8. The zero-order valence-electron chi connectivity index (χ0n) is 17.8. The average molecular weight is 397 g/mol. The van der Waals surface area contributed by atoms with Crippen LogP contribution in [0.4, 0.5) is 5.69 Å². The molecule has 6 nitrogen and oxygen atoms in total. The summed E-state index contributed by atoms with van der Waals surface area (Å²) in [5.41, 5.74) is 5.88. The summed E-state index contributed by atoms with van der Waals surface area (Å²) >= 11 is 0. The summed E-state index contributed by atoms with van der Waals surface area (Å²) in [4.78, 5) is 18.7. The number of amides is 1. The Morgan fingerprint density at radius 1 is 0.966 bits per heavy atom. The molecule has 3 rings (SSSR count). The van der Waals surface area contributed by atoms with E-state index in [1.165, 1.54) is 16.8 Å². The van der Waals surface area contributed by atoms with Crippen molar-refractivity contribution in [2.24, 2.45) is 0 Å². The van der Waals surface area contributed by atoms with Crippen LogP contribution in [-0.4, -0.2) is 60.2 Å². The van der Waals surface area contributed by atoms with Gasteiger partial charge in [0.25, 0.3) is 5.91 Å². The molecule has 0 radical (unpaired) electrons. The second kappa shape index (κ2) is 9.39. The van der Waals surface area contributed by atoms with Crippen LogP contribution in [0.15, 0.2) is 48.5 Å². The molecule has 1 amide bonds. The van der Waals surface area contributed by atoms with Crippen molar-refractivity contribution in [3.8, 4) is 0 Å². The minimum Gasteiger partial charge on any atom is -0.378 e. The van der Waals surface area contributed by atoms with Gasteiger partial charge in [-0.05, 0) is 49.2 Å². The van der Waals surface area contributed by atoms with Crippen molar-refractivity contribution in [1.29, 1.82) is 0 Å². The fourth-order valence-corrected chi connectivity index (χ4v) is 4.10. The molecule has 2 unspecified atom stereocenters. The first-order valence-electron chi connectivity index (χ1n) is 10.1. The largest absolute Gasteiger partial charge is 0.378 e. The van der Waals surface area contributed by atoms with Crippen LogP contribution in [0.3, 0.4) is 0 Å². The van der Waals surface area contributed by atoms with Crippen LogP contribution in [0.2, 0.25) is 0 Å². The number of benzene rings is 2. The summed E-state index contributed by atoms with van der Waals surface area (Å²) in [6.45, 7) is 8.46. The predicted molar refractivity (Wildman–Crippen MR) is 116 cm³/mol. The number of piperazine rings is 1. The van der Waals surface area contributed by atoms with E-state index in [1.807, 2.05) is 12.1 Å². The van der Waals surface area contributed by atoms with E-state index in [2.05, 4.69) is 66.9 Å². The highest BCUT2D eigenvalue weighted by Crippen LogP contribution is 2.22. The van der Waals surface area contributed by atoms with E-state index < -0.39 is 5.91 Å². The summed E-state index contributed by atoms with van der Waals surface area (Å²) in [6, 6.07) is 17.1. The van der Waals surface area contributed by atoms with Crippen LogP contribution < -0.4 is 10.4 Å². The molecule has 1 saturated heterocycles. The molecule has 2 aromatic carbocycles. The zero-order chi connectivity index (χ0) is 21.0. The molecule has 29 heavy (non-hydrogen) atoms. The fraction of sp³-hybridized carbons (Fsp3) is 0.435. The fourth-order valence-electron chi connectivity index (χ4n) is 4.10. The third kappa shape index (κ3) is 5.35. The Morgan fingerprint density at radius 3 is 2.00 bits per heavy atom. The molecule has 156 valence electrons. The number of nitrogens with zero attached hydrogens (tertiary/aromatic N) is 3. The molecular weight excluding hydrogens is 364 g/mol. The second-order valence-electron chi connectivity index (χ2n) is 8.26. The van der Waals surface area contributed by atoms with Crippen molar-refractivity contribution in [3.63, 3.8) is 0 Å². The van der Waals surface area contributed by atoms with Gasteiger partial charge in [0.2, 0.25) is 0 Å². The van der Waals surface area contributed by atoms with Gasteiger partial charge in [0.15, 0.2) is 0 Å². The Morgan fingerprint density at radius 2 is 1.48 bits per heavy atom. The van der Waals surface area contributed by atoms with Gasteiger partial charge < -0.3 is 4.90 Å². The standard InChI is InChI=1S/C23H32N4O2/c1-17-13-26(15-19-7-11-22(12-8-19)25(3)4)14-18(2)27(17)16-20-5-9-21(10-6-20)23(28)24-29/h5-12,17-18,29H,13-16H2,1-4H3,(H,24,28). The lowest BCUT2D eigenvalue weighted by atomic mass is 10.0. The monoisotopic (exact) mass is 396 g/mol. The van der Waals surface area contributed by atoms with Crippen LogP contribution in [0, 0.1) is 0 Å². The molecule has 1 fully saturated rings. The van der Waals surface area contributed by atoms with Gasteiger partial charge in [0, 0.05) is 63.6 Å². The summed E-state index contributed by atoms with van der Waals surface area (Å²) in [5.74, 6) is -0.481. The van der Waals surface area contributed by atoms with Crippen LogP contribution >= 0.6 is 0 Å². The van der Waals surface area contributed by atoms with E-state index in [-0.39, 0.29) is 0 Å². The van der Waals surface area contributed by atoms with Gasteiger partial charge in [0.1, 0.15) is 0 Å². The third-order valence-electron chi connectivity index (χ3n) is 5.72. The summed E-state index contributed by atoms with van der Waals surface area (Å²) in [5, 5.41) is 8.74. The highest BCUT2D eigenvalue weighted by Gasteiger charge is 2.29. The third-order valence-corrected chi connectivity index (χ3v) is 5.72. The Bertz CT molecular complexity index is 793. The first-order chi connectivity index (χ1) is 13.9. The molecule has 1 heterocycles. The maximum absolute atomic E-state index is 11.5. The molecule has 2 N–H and O–H groups in total. The molecular formula is C23H32N4O2. The lowest BCUT2D eigenvalue weighted by molar-refractivity contribution is 0.0290. The molecule has 1 aliphatic rings. The van der Waals surface area contributed by atoms with E-state index in [0.29, 0.717) is 17.6 Å². The van der Waals surface area contributed by atoms with Gasteiger partial charge in [0.05, 0.1) is 0 Å². The molecule has 0 aliphatic carbocycles. The van der Waals surface area contributed by atoms with Crippen molar-refractivity contribution in [1.82, 2.24) is 15.3 Å². The van der Waals surface area contributed by atoms with E-state index in [0.717, 1.165) is 26.2 Å². The Labute approximate surface area is 173 Å². The van der Waals surface area contributed by atoms with E-state index >= 15 is 0 Å². The normalized spacial score (nSPS) is 20.4. The van der Waals surface area contributed by atoms with Gasteiger partial charge in [-0.1, -0.05) is 24.3 Å². The van der Waals surface area contributed by atoms with Crippen molar-refractivity contribution < 1.29 is 10.0 Å². The Kier molecular flexibility index (Phi) is 6.90. The molecule has 2 atom stereocenters. The van der Waals surface area contributed by atoms with Crippen molar-refractivity contribution in [3.05, 3.63) is 65.2 Å². The number of hydrogen-bond acceptors (Lipinski definition) is 5. The first-order valence-corrected chi connectivity index (χ1v) is 10.1. The number of carbonyl (C=O) groups is 1. The van der Waals surface area contributed by atoms with Crippen LogP contribution in [0.25, 0.3) is 0 Å². The maximum atomic E-state index is 11.5. The molecule has 0 bridgehead atoms. The first kappa shape index (κ1) is 21.3. The smallest absolute Gasteiger partial charge is 0.274 e. The lowest BCUT2D eigenvalue weighted by Crippen LogP contribution is -2.55. The van der Waals surface area contributed by atoms with Crippen molar-refractivity contribution in [2.75, 3.05) is 32.1 Å². The summed E-state index contributed by atoms with van der Waals surface area (Å²) in [6.07, 6.45) is 0. The average Bonchev–Trinajstić information content (AvgIpc) is 2.71. The molecule has 0 spiro atoms. The SMILES string of the molecule is CC1CN(Cc2ccc(N(C)C)cc2)CC(C)N1Cc1ccc(C(=O)NO)cc1. The second-order valence-corrected chi connectivity index (χ2v) is 8.26. The topological polar surface area (TPSA) is 59.0 Å². The predicted octanol–water partition coefficient (Wildman–Crippen LogP) is 2.97. The number of anilines is 1. The highest BCUT2D eigenvalue weighted by atomic mass is 16.5. The van der Waals surface area contributed by atoms with E-state index in [1.54, 1.807) is 17.6 Å². The minimum absolute atomic E-state index is 0.445. The molecule has 2 aromatic rings. The summed E-state index contributed by atoms with van der Waals surface area (Å²) < 4.78 is 0. The van der Waals surface area contributed by atoms with E-state index in [9.17, 15) is 4.79 Å². The van der Waals surface area contributed by atoms with Gasteiger partial charge in [-0.2, -0.15) is 0 Å². The molecule has 0 aromatic heterocycles. The van der Waals surface area contributed by atoms with Gasteiger partial charge >= 0.3 is 0 Å². The van der Waals surface area contributed by atoms with Gasteiger partial charge in [-0.15, -0.1) is 0 Å². The van der Waals surface area contributed by atoms with E-state index in [4.69, 9.17) is 5.21 Å². The number of hydroxylamine groups is 1. The number of nitrogens with one attached hydrogen (secondary N) is 1. The quantitative estimate of drug-likeness (QED) is 0.581. The Hall–Kier alpha value is -2.41. The molecule has 0 saturated carbocycles. The van der Waals surface area contributed by atoms with Crippen LogP contribution in [0.5, 0.6) is 0 Å². The van der Waals surface area contributed by atoms with Gasteiger partial charge in [-0.25, -0.2) is 5.48 Å². The molecule has 1 aliphatic heterocycles. The number of hydrogen-bond donors (Lipinski definition) is 2. The van der Waals surface area contributed by atoms with Gasteiger partial charge in [-0.3, -0.25) is 19.8 Å². The maximum Gasteiger partial charge on any atom is 0.274 e. The molecule has 6 heteroatoms. The highest BCUT2D eigenvalue weighted by molar-refractivity contribution is 5.93. The summed E-state index contributed by atoms with van der Waals surface area (Å²) in [7, 11) is 4.12. The van der Waals surface area contributed by atoms with Crippen molar-refractivity contribution in [2.45, 2.75) is 39.0 Å².